The van der Waals surface area contributed by atoms with E-state index >= 15 is 0 Å². The first-order chi connectivity index (χ1) is 9.13. The molecule has 110 valence electrons. The average molecular weight is 357 g/mol. The van der Waals surface area contributed by atoms with E-state index in [1.165, 1.54) is 26.0 Å². The van der Waals surface area contributed by atoms with Crippen molar-refractivity contribution in [1.29, 1.82) is 0 Å². The van der Waals surface area contributed by atoms with Crippen LogP contribution in [0.5, 0.6) is 0 Å². The number of carboxylic acid groups (broad SMARTS) is 1. The summed E-state index contributed by atoms with van der Waals surface area (Å²) in [6, 6.07) is 2.87. The summed E-state index contributed by atoms with van der Waals surface area (Å²) in [5.41, 5.74) is 0.333. The standard InChI is InChI=1S/C12H12Cl3NO3S/c1-12(2,11(18)19)20-5-10(17)16-9-4-7(14)6(13)3-8(9)15/h3-4H,5H2,1-2H3,(H,16,17)(H,18,19). The normalized spacial score (nSPS) is 11.2. The highest BCUT2D eigenvalue weighted by molar-refractivity contribution is 8.02. The molecule has 2 N–H and O–H groups in total. The number of carbonyl (C=O) groups excluding carboxylic acids is 1. The average Bonchev–Trinajstić information content (AvgIpc) is 2.33. The van der Waals surface area contributed by atoms with Gasteiger partial charge in [0.05, 0.1) is 26.5 Å². The van der Waals surface area contributed by atoms with Crippen LogP contribution in [0, 0.1) is 0 Å². The molecule has 0 heterocycles. The molecule has 0 aliphatic heterocycles. The summed E-state index contributed by atoms with van der Waals surface area (Å²) < 4.78 is -1.04. The Morgan fingerprint density at radius 3 is 2.30 bits per heavy atom. The first-order valence-corrected chi connectivity index (χ1v) is 7.57. The van der Waals surface area contributed by atoms with Gasteiger partial charge < -0.3 is 10.4 Å². The highest BCUT2D eigenvalue weighted by Gasteiger charge is 2.28. The SMILES string of the molecule is CC(C)(SCC(=O)Nc1cc(Cl)c(Cl)cc1Cl)C(=O)O. The Kier molecular flexibility index (Phi) is 6.01. The molecule has 20 heavy (non-hydrogen) atoms. The molecule has 0 radical (unpaired) electrons. The van der Waals surface area contributed by atoms with Crippen LogP contribution in [-0.2, 0) is 9.59 Å². The maximum atomic E-state index is 11.8. The largest absolute Gasteiger partial charge is 0.480 e. The van der Waals surface area contributed by atoms with E-state index in [-0.39, 0.29) is 26.7 Å². The van der Waals surface area contributed by atoms with Gasteiger partial charge in [-0.3, -0.25) is 9.59 Å². The van der Waals surface area contributed by atoms with Gasteiger partial charge in [-0.15, -0.1) is 11.8 Å². The molecule has 0 aliphatic rings. The maximum absolute atomic E-state index is 11.8. The van der Waals surface area contributed by atoms with E-state index in [0.717, 1.165) is 11.8 Å². The van der Waals surface area contributed by atoms with Crippen LogP contribution in [-0.4, -0.2) is 27.5 Å². The minimum atomic E-state index is -1.04. The number of carboxylic acids is 1. The van der Waals surface area contributed by atoms with E-state index in [1.54, 1.807) is 0 Å². The Morgan fingerprint density at radius 1 is 1.20 bits per heavy atom. The van der Waals surface area contributed by atoms with Crippen LogP contribution in [0.2, 0.25) is 15.1 Å². The van der Waals surface area contributed by atoms with Gasteiger partial charge in [0, 0.05) is 0 Å². The van der Waals surface area contributed by atoms with Crippen LogP contribution in [0.15, 0.2) is 12.1 Å². The fraction of sp³-hybridized carbons (Fsp3) is 0.333. The van der Waals surface area contributed by atoms with Gasteiger partial charge in [-0.25, -0.2) is 0 Å². The highest BCUT2D eigenvalue weighted by Crippen LogP contribution is 2.32. The Morgan fingerprint density at radius 2 is 1.75 bits per heavy atom. The van der Waals surface area contributed by atoms with E-state index in [2.05, 4.69) is 5.32 Å². The van der Waals surface area contributed by atoms with E-state index in [1.807, 2.05) is 0 Å². The lowest BCUT2D eigenvalue weighted by Crippen LogP contribution is -2.29. The van der Waals surface area contributed by atoms with Crippen LogP contribution in [0.25, 0.3) is 0 Å². The Hall–Kier alpha value is -0.620. The molecule has 0 aromatic heterocycles. The van der Waals surface area contributed by atoms with Gasteiger partial charge in [0.25, 0.3) is 0 Å². The van der Waals surface area contributed by atoms with Crippen LogP contribution >= 0.6 is 46.6 Å². The van der Waals surface area contributed by atoms with Crippen molar-refractivity contribution in [2.45, 2.75) is 18.6 Å². The van der Waals surface area contributed by atoms with Gasteiger partial charge in [-0.2, -0.15) is 0 Å². The monoisotopic (exact) mass is 355 g/mol. The van der Waals surface area contributed by atoms with Crippen molar-refractivity contribution in [1.82, 2.24) is 0 Å². The van der Waals surface area contributed by atoms with Gasteiger partial charge in [0.1, 0.15) is 4.75 Å². The number of halogens is 3. The molecule has 0 unspecified atom stereocenters. The smallest absolute Gasteiger partial charge is 0.319 e. The fourth-order valence-electron chi connectivity index (χ4n) is 1.11. The number of hydrogen-bond donors (Lipinski definition) is 2. The number of thioether (sulfide) groups is 1. The summed E-state index contributed by atoms with van der Waals surface area (Å²) in [7, 11) is 0. The molecule has 0 spiro atoms. The van der Waals surface area contributed by atoms with E-state index in [4.69, 9.17) is 39.9 Å². The van der Waals surface area contributed by atoms with E-state index < -0.39 is 10.7 Å². The first kappa shape index (κ1) is 17.4. The number of anilines is 1. The zero-order valence-electron chi connectivity index (χ0n) is 10.7. The molecule has 0 aliphatic carbocycles. The molecule has 1 aromatic rings. The molecular formula is C12H12Cl3NO3S. The summed E-state index contributed by atoms with van der Waals surface area (Å²) >= 11 is 18.6. The third-order valence-corrected chi connectivity index (χ3v) is 4.70. The highest BCUT2D eigenvalue weighted by atomic mass is 35.5. The maximum Gasteiger partial charge on any atom is 0.319 e. The second-order valence-corrected chi connectivity index (χ2v) is 7.22. The molecule has 0 saturated carbocycles. The predicted octanol–water partition coefficient (Wildman–Crippen LogP) is 4.18. The van der Waals surface area contributed by atoms with Crippen molar-refractivity contribution in [3.63, 3.8) is 0 Å². The second-order valence-electron chi connectivity index (χ2n) is 4.40. The fourth-order valence-corrected chi connectivity index (χ4v) is 2.39. The zero-order valence-corrected chi connectivity index (χ0v) is 13.8. The Balaban J connectivity index is 2.68. The van der Waals surface area contributed by atoms with Crippen LogP contribution in [0.3, 0.4) is 0 Å². The molecular weight excluding hydrogens is 345 g/mol. The van der Waals surface area contributed by atoms with Gasteiger partial charge >= 0.3 is 5.97 Å². The minimum Gasteiger partial charge on any atom is -0.480 e. The van der Waals surface area contributed by atoms with Gasteiger partial charge in [-0.05, 0) is 26.0 Å². The van der Waals surface area contributed by atoms with Gasteiger partial charge in [0.15, 0.2) is 0 Å². The minimum absolute atomic E-state index is 0.0180. The molecule has 0 saturated heterocycles. The van der Waals surface area contributed by atoms with E-state index in [9.17, 15) is 9.59 Å². The number of amides is 1. The molecule has 0 atom stereocenters. The predicted molar refractivity (Wildman–Crippen MR) is 84.3 cm³/mol. The molecule has 1 aromatic carbocycles. The van der Waals surface area contributed by atoms with Crippen molar-refractivity contribution >= 4 is 64.1 Å². The second kappa shape index (κ2) is 6.89. The molecule has 1 rings (SSSR count). The van der Waals surface area contributed by atoms with Crippen LogP contribution < -0.4 is 5.32 Å². The van der Waals surface area contributed by atoms with Gasteiger partial charge in [-0.1, -0.05) is 34.8 Å². The number of carbonyl (C=O) groups is 2. The topological polar surface area (TPSA) is 66.4 Å². The van der Waals surface area contributed by atoms with Crippen molar-refractivity contribution in [3.8, 4) is 0 Å². The molecule has 4 nitrogen and oxygen atoms in total. The number of aliphatic carboxylic acids is 1. The zero-order chi connectivity index (χ0) is 15.5. The summed E-state index contributed by atoms with van der Waals surface area (Å²) in [5.74, 6) is -1.37. The lowest BCUT2D eigenvalue weighted by Gasteiger charge is -2.18. The molecule has 1 amide bonds. The Bertz CT molecular complexity index is 549. The van der Waals surface area contributed by atoms with Crippen molar-refractivity contribution in [3.05, 3.63) is 27.2 Å². The van der Waals surface area contributed by atoms with Crippen molar-refractivity contribution in [2.24, 2.45) is 0 Å². The molecule has 0 fully saturated rings. The molecule has 0 bridgehead atoms. The van der Waals surface area contributed by atoms with Crippen molar-refractivity contribution < 1.29 is 14.7 Å². The number of rotatable bonds is 5. The lowest BCUT2D eigenvalue weighted by molar-refractivity contribution is -0.138. The van der Waals surface area contributed by atoms with E-state index in [0.29, 0.717) is 5.69 Å². The third-order valence-electron chi connectivity index (χ3n) is 2.36. The first-order valence-electron chi connectivity index (χ1n) is 5.45. The molecule has 8 heteroatoms. The summed E-state index contributed by atoms with van der Waals surface area (Å²) in [4.78, 5) is 22.7. The summed E-state index contributed by atoms with van der Waals surface area (Å²) in [5, 5.41) is 12.3. The van der Waals surface area contributed by atoms with Gasteiger partial charge in [0.2, 0.25) is 5.91 Å². The number of hydrogen-bond acceptors (Lipinski definition) is 3. The number of benzene rings is 1. The quantitative estimate of drug-likeness (QED) is 0.777. The van der Waals surface area contributed by atoms with Crippen LogP contribution in [0.4, 0.5) is 5.69 Å². The summed E-state index contributed by atoms with van der Waals surface area (Å²) in [6.45, 7) is 3.05. The lowest BCUT2D eigenvalue weighted by atomic mass is 10.2. The Labute approximate surface area is 135 Å². The third kappa shape index (κ3) is 4.74. The van der Waals surface area contributed by atoms with Crippen molar-refractivity contribution in [2.75, 3.05) is 11.1 Å². The van der Waals surface area contributed by atoms with Crippen LogP contribution in [0.1, 0.15) is 13.8 Å². The summed E-state index contributed by atoms with van der Waals surface area (Å²) in [6.07, 6.45) is 0. The number of nitrogens with one attached hydrogen (secondary N) is 1.